The maximum atomic E-state index is 5.44. The summed E-state index contributed by atoms with van der Waals surface area (Å²) >= 11 is 1.62. The van der Waals surface area contributed by atoms with Crippen molar-refractivity contribution < 1.29 is 0 Å². The van der Waals surface area contributed by atoms with Crippen LogP contribution in [0.2, 0.25) is 0 Å². The highest BCUT2D eigenvalue weighted by molar-refractivity contribution is 8.00. The first-order valence-corrected chi connectivity index (χ1v) is 3.16. The van der Waals surface area contributed by atoms with E-state index in [0.717, 1.165) is 5.70 Å². The topological polar surface area (TPSA) is 29.3 Å². The summed E-state index contributed by atoms with van der Waals surface area (Å²) in [4.78, 5) is 0. The fourth-order valence-corrected chi connectivity index (χ4v) is 1.08. The van der Waals surface area contributed by atoms with E-state index in [-0.39, 0.29) is 0 Å². The number of hydrogen-bond donors (Lipinski definition) is 1. The first-order valence-electron chi connectivity index (χ1n) is 2.32. The molecule has 0 bridgehead atoms. The third-order valence-corrected chi connectivity index (χ3v) is 1.51. The SMILES string of the molecule is CN1C=C(N)C=CS1. The standard InChI is InChI=1S/C5H8N2S/c1-7-4-5(6)2-3-8-7/h2-4H,6H2,1H3. The molecule has 0 saturated heterocycles. The molecule has 0 unspecified atom stereocenters. The van der Waals surface area contributed by atoms with E-state index < -0.39 is 0 Å². The summed E-state index contributed by atoms with van der Waals surface area (Å²) in [5.74, 6) is 0. The Morgan fingerprint density at radius 3 is 2.88 bits per heavy atom. The minimum Gasteiger partial charge on any atom is -0.398 e. The highest BCUT2D eigenvalue weighted by atomic mass is 32.2. The van der Waals surface area contributed by atoms with Crippen LogP contribution < -0.4 is 5.73 Å². The summed E-state index contributed by atoms with van der Waals surface area (Å²) in [6.07, 6.45) is 3.76. The largest absolute Gasteiger partial charge is 0.398 e. The summed E-state index contributed by atoms with van der Waals surface area (Å²) in [7, 11) is 1.96. The van der Waals surface area contributed by atoms with Gasteiger partial charge < -0.3 is 10.0 Å². The van der Waals surface area contributed by atoms with Gasteiger partial charge in [0.05, 0.1) is 0 Å². The van der Waals surface area contributed by atoms with E-state index >= 15 is 0 Å². The Bertz CT molecular complexity index is 139. The maximum absolute atomic E-state index is 5.44. The molecule has 44 valence electrons. The zero-order valence-corrected chi connectivity index (χ0v) is 5.48. The first-order chi connectivity index (χ1) is 3.79. The second-order valence-electron chi connectivity index (χ2n) is 1.58. The first kappa shape index (κ1) is 5.56. The van der Waals surface area contributed by atoms with Gasteiger partial charge in [-0.3, -0.25) is 0 Å². The van der Waals surface area contributed by atoms with Gasteiger partial charge in [-0.1, -0.05) is 0 Å². The third-order valence-electron chi connectivity index (χ3n) is 0.818. The molecule has 0 atom stereocenters. The molecule has 1 heterocycles. The molecule has 3 heteroatoms. The van der Waals surface area contributed by atoms with E-state index in [1.165, 1.54) is 0 Å². The molecule has 1 aliphatic heterocycles. The van der Waals surface area contributed by atoms with Gasteiger partial charge in [-0.2, -0.15) is 0 Å². The molecule has 0 aromatic heterocycles. The van der Waals surface area contributed by atoms with E-state index in [9.17, 15) is 0 Å². The van der Waals surface area contributed by atoms with Crippen LogP contribution in [0.25, 0.3) is 0 Å². The Morgan fingerprint density at radius 2 is 2.50 bits per heavy atom. The minimum atomic E-state index is 0.811. The van der Waals surface area contributed by atoms with Crippen LogP contribution >= 0.6 is 11.9 Å². The molecule has 0 aromatic rings. The van der Waals surface area contributed by atoms with Crippen LogP contribution in [-0.2, 0) is 0 Å². The maximum Gasteiger partial charge on any atom is 0.0490 e. The monoisotopic (exact) mass is 128 g/mol. The van der Waals surface area contributed by atoms with Crippen LogP contribution in [0.5, 0.6) is 0 Å². The van der Waals surface area contributed by atoms with Gasteiger partial charge in [0.15, 0.2) is 0 Å². The lowest BCUT2D eigenvalue weighted by atomic mass is 10.5. The second-order valence-corrected chi connectivity index (χ2v) is 2.64. The number of rotatable bonds is 0. The molecule has 2 N–H and O–H groups in total. The molecule has 0 aromatic carbocycles. The molecule has 0 radical (unpaired) electrons. The van der Waals surface area contributed by atoms with E-state index in [2.05, 4.69) is 0 Å². The van der Waals surface area contributed by atoms with E-state index in [4.69, 9.17) is 5.73 Å². The Kier molecular flexibility index (Phi) is 1.48. The number of hydrogen-bond acceptors (Lipinski definition) is 3. The highest BCUT2D eigenvalue weighted by Crippen LogP contribution is 2.14. The molecule has 0 aliphatic carbocycles. The Hall–Kier alpha value is -0.570. The third kappa shape index (κ3) is 1.20. The van der Waals surface area contributed by atoms with Gasteiger partial charge in [-0.05, 0) is 23.4 Å². The van der Waals surface area contributed by atoms with Crippen LogP contribution in [0.15, 0.2) is 23.4 Å². The fraction of sp³-hybridized carbons (Fsp3) is 0.200. The predicted octanol–water partition coefficient (Wildman–Crippen LogP) is 0.894. The molecule has 1 rings (SSSR count). The molecule has 2 nitrogen and oxygen atoms in total. The molecular weight excluding hydrogens is 120 g/mol. The normalized spacial score (nSPS) is 18.6. The lowest BCUT2D eigenvalue weighted by molar-refractivity contribution is 0.767. The average molecular weight is 128 g/mol. The summed E-state index contributed by atoms with van der Waals surface area (Å²) < 4.78 is 1.95. The van der Waals surface area contributed by atoms with Crippen molar-refractivity contribution in [1.29, 1.82) is 0 Å². The van der Waals surface area contributed by atoms with Gasteiger partial charge in [0.1, 0.15) is 0 Å². The van der Waals surface area contributed by atoms with Gasteiger partial charge in [-0.15, -0.1) is 0 Å². The minimum absolute atomic E-state index is 0.811. The van der Waals surface area contributed by atoms with Gasteiger partial charge >= 0.3 is 0 Å². The second kappa shape index (κ2) is 2.13. The van der Waals surface area contributed by atoms with Crippen LogP contribution in [0.4, 0.5) is 0 Å². The molecule has 0 spiro atoms. The average Bonchev–Trinajstić information content (AvgIpc) is 1.64. The highest BCUT2D eigenvalue weighted by Gasteiger charge is 1.94. The van der Waals surface area contributed by atoms with Crippen LogP contribution in [0, 0.1) is 0 Å². The Labute approximate surface area is 53.2 Å². The lowest BCUT2D eigenvalue weighted by Crippen LogP contribution is -2.06. The molecule has 0 fully saturated rings. The lowest BCUT2D eigenvalue weighted by Gasteiger charge is -2.13. The van der Waals surface area contributed by atoms with Crippen LogP contribution in [0.1, 0.15) is 0 Å². The van der Waals surface area contributed by atoms with Crippen molar-refractivity contribution in [2.75, 3.05) is 7.05 Å². The zero-order chi connectivity index (χ0) is 5.98. The quantitative estimate of drug-likeness (QED) is 0.491. The zero-order valence-electron chi connectivity index (χ0n) is 4.66. The predicted molar refractivity (Wildman–Crippen MR) is 36.8 cm³/mol. The van der Waals surface area contributed by atoms with Crippen molar-refractivity contribution in [3.8, 4) is 0 Å². The van der Waals surface area contributed by atoms with E-state index in [1.807, 2.05) is 29.0 Å². The van der Waals surface area contributed by atoms with Gasteiger partial charge in [0.25, 0.3) is 0 Å². The van der Waals surface area contributed by atoms with Gasteiger partial charge in [-0.25, -0.2) is 0 Å². The van der Waals surface area contributed by atoms with Gasteiger partial charge in [0, 0.05) is 18.9 Å². The number of nitrogens with zero attached hydrogens (tertiary/aromatic N) is 1. The fourth-order valence-electron chi connectivity index (χ4n) is 0.488. The van der Waals surface area contributed by atoms with E-state index in [1.54, 1.807) is 11.9 Å². The smallest absolute Gasteiger partial charge is 0.0490 e. The van der Waals surface area contributed by atoms with E-state index in [0.29, 0.717) is 0 Å². The van der Waals surface area contributed by atoms with Crippen molar-refractivity contribution >= 4 is 11.9 Å². The number of allylic oxidation sites excluding steroid dienone is 1. The molecule has 1 aliphatic rings. The van der Waals surface area contributed by atoms with Gasteiger partial charge in [0.2, 0.25) is 0 Å². The van der Waals surface area contributed by atoms with Crippen LogP contribution in [-0.4, -0.2) is 11.4 Å². The van der Waals surface area contributed by atoms with Crippen molar-refractivity contribution in [3.63, 3.8) is 0 Å². The summed E-state index contributed by atoms with van der Waals surface area (Å²) in [5.41, 5.74) is 6.26. The van der Waals surface area contributed by atoms with Crippen molar-refractivity contribution in [3.05, 3.63) is 23.4 Å². The number of nitrogens with two attached hydrogens (primary N) is 1. The molecular formula is C5H8N2S. The van der Waals surface area contributed by atoms with Crippen molar-refractivity contribution in [1.82, 2.24) is 4.31 Å². The molecule has 0 amide bonds. The van der Waals surface area contributed by atoms with Crippen molar-refractivity contribution in [2.45, 2.75) is 0 Å². The Balaban J connectivity index is 2.63. The Morgan fingerprint density at radius 1 is 1.75 bits per heavy atom. The molecule has 0 saturated carbocycles. The summed E-state index contributed by atoms with van der Waals surface area (Å²) in [5, 5.41) is 1.95. The van der Waals surface area contributed by atoms with Crippen LogP contribution in [0.3, 0.4) is 0 Å². The van der Waals surface area contributed by atoms with Crippen molar-refractivity contribution in [2.24, 2.45) is 5.73 Å². The summed E-state index contributed by atoms with van der Waals surface area (Å²) in [6.45, 7) is 0. The summed E-state index contributed by atoms with van der Waals surface area (Å²) in [6, 6.07) is 0. The molecule has 8 heavy (non-hydrogen) atoms.